The van der Waals surface area contributed by atoms with Gasteiger partial charge in [0.05, 0.1) is 11.3 Å². The van der Waals surface area contributed by atoms with Crippen molar-refractivity contribution in [3.63, 3.8) is 0 Å². The van der Waals surface area contributed by atoms with Crippen LogP contribution in [0.4, 0.5) is 5.69 Å². The summed E-state index contributed by atoms with van der Waals surface area (Å²) in [5.41, 5.74) is 1.09. The van der Waals surface area contributed by atoms with E-state index in [0.29, 0.717) is 10.6 Å². The van der Waals surface area contributed by atoms with Crippen molar-refractivity contribution in [2.75, 3.05) is 18.0 Å². The normalized spacial score (nSPS) is 16.2. The van der Waals surface area contributed by atoms with Crippen LogP contribution >= 0.6 is 11.6 Å². The van der Waals surface area contributed by atoms with Gasteiger partial charge in [-0.1, -0.05) is 11.6 Å². The van der Waals surface area contributed by atoms with Crippen LogP contribution < -0.4 is 4.90 Å². The third kappa shape index (κ3) is 2.30. The molecule has 1 heterocycles. The summed E-state index contributed by atoms with van der Waals surface area (Å²) in [6.07, 6.45) is 3.45. The average Bonchev–Trinajstić information content (AvgIpc) is 2.29. The molecule has 3 nitrogen and oxygen atoms in total. The molecule has 1 N–H and O–H groups in total. The first kappa shape index (κ1) is 11.3. The van der Waals surface area contributed by atoms with Gasteiger partial charge >= 0.3 is 5.97 Å². The van der Waals surface area contributed by atoms with Crippen LogP contribution in [0.5, 0.6) is 0 Å². The fraction of sp³-hybridized carbons (Fsp3) is 0.417. The molecule has 0 aliphatic carbocycles. The smallest absolute Gasteiger partial charge is 0.337 e. The monoisotopic (exact) mass is 239 g/mol. The number of nitrogens with zero attached hydrogens (tertiary/aromatic N) is 1. The van der Waals surface area contributed by atoms with Crippen LogP contribution in [-0.4, -0.2) is 24.2 Å². The molecule has 0 aromatic heterocycles. The third-order valence-corrected chi connectivity index (χ3v) is 3.12. The second-order valence-corrected chi connectivity index (χ2v) is 4.45. The predicted octanol–water partition coefficient (Wildman–Crippen LogP) is 3.03. The number of aromatic carboxylic acids is 1. The maximum Gasteiger partial charge on any atom is 0.337 e. The maximum absolute atomic E-state index is 11.1. The number of halogens is 1. The van der Waals surface area contributed by atoms with E-state index in [-0.39, 0.29) is 0 Å². The minimum atomic E-state index is -0.891. The van der Waals surface area contributed by atoms with Gasteiger partial charge in [0, 0.05) is 18.1 Å². The van der Waals surface area contributed by atoms with Gasteiger partial charge in [-0.25, -0.2) is 4.79 Å². The molecule has 0 atom stereocenters. The Labute approximate surface area is 99.6 Å². The van der Waals surface area contributed by atoms with Crippen molar-refractivity contribution in [1.29, 1.82) is 0 Å². The highest BCUT2D eigenvalue weighted by Crippen LogP contribution is 2.27. The number of hydrogen-bond acceptors (Lipinski definition) is 2. The van der Waals surface area contributed by atoms with Crippen LogP contribution in [0.1, 0.15) is 29.6 Å². The summed E-state index contributed by atoms with van der Waals surface area (Å²) in [7, 11) is 0. The van der Waals surface area contributed by atoms with E-state index in [9.17, 15) is 4.79 Å². The molecule has 1 aliphatic rings. The molecule has 86 valence electrons. The molecule has 0 spiro atoms. The van der Waals surface area contributed by atoms with Crippen LogP contribution in [0, 0.1) is 0 Å². The van der Waals surface area contributed by atoms with Gasteiger partial charge < -0.3 is 10.0 Å². The summed E-state index contributed by atoms with van der Waals surface area (Å²) >= 11 is 5.92. The standard InChI is InChI=1S/C12H14ClNO2/c13-9-4-5-10(12(15)16)11(8-9)14-6-2-1-3-7-14/h4-5,8H,1-3,6-7H2,(H,15,16). The quantitative estimate of drug-likeness (QED) is 0.863. The van der Waals surface area contributed by atoms with Gasteiger partial charge in [-0.3, -0.25) is 0 Å². The molecule has 1 aromatic rings. The summed E-state index contributed by atoms with van der Waals surface area (Å²) in [6, 6.07) is 4.95. The van der Waals surface area contributed by atoms with Gasteiger partial charge in [0.1, 0.15) is 0 Å². The lowest BCUT2D eigenvalue weighted by molar-refractivity contribution is 0.0697. The lowest BCUT2D eigenvalue weighted by Gasteiger charge is -2.30. The van der Waals surface area contributed by atoms with Gasteiger partial charge in [0.2, 0.25) is 0 Å². The highest BCUT2D eigenvalue weighted by atomic mass is 35.5. The van der Waals surface area contributed by atoms with E-state index < -0.39 is 5.97 Å². The lowest BCUT2D eigenvalue weighted by atomic mass is 10.1. The van der Waals surface area contributed by atoms with Crippen LogP contribution in [0.2, 0.25) is 5.02 Å². The summed E-state index contributed by atoms with van der Waals surface area (Å²) in [5, 5.41) is 9.71. The summed E-state index contributed by atoms with van der Waals surface area (Å²) in [4.78, 5) is 13.2. The zero-order valence-electron chi connectivity index (χ0n) is 8.95. The molecule has 2 rings (SSSR count). The van der Waals surface area contributed by atoms with Crippen molar-refractivity contribution >= 4 is 23.3 Å². The van der Waals surface area contributed by atoms with Crippen molar-refractivity contribution in [2.45, 2.75) is 19.3 Å². The van der Waals surface area contributed by atoms with E-state index in [1.807, 2.05) is 0 Å². The Hall–Kier alpha value is -1.22. The zero-order chi connectivity index (χ0) is 11.5. The summed E-state index contributed by atoms with van der Waals surface area (Å²) in [6.45, 7) is 1.83. The Kier molecular flexibility index (Phi) is 3.34. The van der Waals surface area contributed by atoms with Crippen molar-refractivity contribution in [1.82, 2.24) is 0 Å². The van der Waals surface area contributed by atoms with E-state index in [2.05, 4.69) is 4.90 Å². The molecule has 1 saturated heterocycles. The molecule has 1 aromatic carbocycles. The first-order valence-corrected chi connectivity index (χ1v) is 5.84. The molecule has 0 saturated carbocycles. The van der Waals surface area contributed by atoms with Gasteiger partial charge in [0.25, 0.3) is 0 Å². The summed E-state index contributed by atoms with van der Waals surface area (Å²) in [5.74, 6) is -0.891. The number of rotatable bonds is 2. The van der Waals surface area contributed by atoms with Gasteiger partial charge in [-0.15, -0.1) is 0 Å². The topological polar surface area (TPSA) is 40.5 Å². The second kappa shape index (κ2) is 4.74. The number of hydrogen-bond donors (Lipinski definition) is 1. The number of carboxylic acid groups (broad SMARTS) is 1. The Balaban J connectivity index is 2.36. The third-order valence-electron chi connectivity index (χ3n) is 2.89. The zero-order valence-corrected chi connectivity index (χ0v) is 9.70. The first-order chi connectivity index (χ1) is 7.68. The van der Waals surface area contributed by atoms with E-state index in [1.165, 1.54) is 6.42 Å². The molecule has 1 aliphatic heterocycles. The highest BCUT2D eigenvalue weighted by Gasteiger charge is 2.18. The van der Waals surface area contributed by atoms with Gasteiger partial charge in [-0.05, 0) is 37.5 Å². The maximum atomic E-state index is 11.1. The van der Waals surface area contributed by atoms with Crippen molar-refractivity contribution in [2.24, 2.45) is 0 Å². The van der Waals surface area contributed by atoms with Gasteiger partial charge in [-0.2, -0.15) is 0 Å². The summed E-state index contributed by atoms with van der Waals surface area (Å²) < 4.78 is 0. The Morgan fingerprint density at radius 1 is 1.25 bits per heavy atom. The SMILES string of the molecule is O=C(O)c1ccc(Cl)cc1N1CCCCC1. The molecular weight excluding hydrogens is 226 g/mol. The molecule has 16 heavy (non-hydrogen) atoms. The Morgan fingerprint density at radius 2 is 1.94 bits per heavy atom. The number of carbonyl (C=O) groups is 1. The van der Waals surface area contributed by atoms with Crippen molar-refractivity contribution in [3.05, 3.63) is 28.8 Å². The second-order valence-electron chi connectivity index (χ2n) is 4.01. The first-order valence-electron chi connectivity index (χ1n) is 5.46. The van der Waals surface area contributed by atoms with E-state index >= 15 is 0 Å². The molecule has 0 radical (unpaired) electrons. The Morgan fingerprint density at radius 3 is 2.56 bits per heavy atom. The number of carboxylic acids is 1. The Bertz CT molecular complexity index is 400. The highest BCUT2D eigenvalue weighted by molar-refractivity contribution is 6.31. The van der Waals surface area contributed by atoms with E-state index in [4.69, 9.17) is 16.7 Å². The molecule has 0 bridgehead atoms. The van der Waals surface area contributed by atoms with Gasteiger partial charge in [0.15, 0.2) is 0 Å². The van der Waals surface area contributed by atoms with E-state index in [0.717, 1.165) is 31.6 Å². The number of piperidine rings is 1. The van der Waals surface area contributed by atoms with E-state index in [1.54, 1.807) is 18.2 Å². The molecule has 1 fully saturated rings. The fourth-order valence-corrected chi connectivity index (χ4v) is 2.25. The van der Waals surface area contributed by atoms with Crippen molar-refractivity contribution < 1.29 is 9.90 Å². The van der Waals surface area contributed by atoms with Crippen molar-refractivity contribution in [3.8, 4) is 0 Å². The molecular formula is C12H14ClNO2. The molecule has 0 unspecified atom stereocenters. The number of anilines is 1. The fourth-order valence-electron chi connectivity index (χ4n) is 2.08. The largest absolute Gasteiger partial charge is 0.478 e. The van der Waals surface area contributed by atoms with Crippen LogP contribution in [0.15, 0.2) is 18.2 Å². The van der Waals surface area contributed by atoms with Crippen LogP contribution in [0.3, 0.4) is 0 Å². The average molecular weight is 240 g/mol. The molecule has 4 heteroatoms. The number of benzene rings is 1. The van der Waals surface area contributed by atoms with Crippen LogP contribution in [-0.2, 0) is 0 Å². The molecule has 0 amide bonds. The van der Waals surface area contributed by atoms with Crippen LogP contribution in [0.25, 0.3) is 0 Å². The predicted molar refractivity (Wildman–Crippen MR) is 64.5 cm³/mol. The minimum Gasteiger partial charge on any atom is -0.478 e. The minimum absolute atomic E-state index is 0.339. The lowest BCUT2D eigenvalue weighted by Crippen LogP contribution is -2.30.